The molecule has 106 valence electrons. The first-order valence-electron chi connectivity index (χ1n) is 6.16. The van der Waals surface area contributed by atoms with Gasteiger partial charge in [-0.25, -0.2) is 0 Å². The lowest BCUT2D eigenvalue weighted by Gasteiger charge is -2.16. The van der Waals surface area contributed by atoms with Crippen LogP contribution in [0.25, 0.3) is 11.1 Å². The smallest absolute Gasteiger partial charge is 0.141 e. The van der Waals surface area contributed by atoms with E-state index in [9.17, 15) is 0 Å². The Balaban J connectivity index is 2.80. The zero-order valence-corrected chi connectivity index (χ0v) is 15.1. The molecule has 0 atom stereocenters. The largest absolute Gasteiger partial charge is 0.495 e. The van der Waals surface area contributed by atoms with Gasteiger partial charge in [0.2, 0.25) is 0 Å². The average Bonchev–Trinajstić information content (AvgIpc) is 2.37. The molecule has 0 amide bonds. The van der Waals surface area contributed by atoms with Crippen LogP contribution in [-0.4, -0.2) is 14.2 Å². The number of hydrogen-bond acceptors (Lipinski definition) is 2. The molecule has 0 aliphatic heterocycles. The summed E-state index contributed by atoms with van der Waals surface area (Å²) in [7, 11) is 3.35. The summed E-state index contributed by atoms with van der Waals surface area (Å²) in [6.45, 7) is 4.12. The van der Waals surface area contributed by atoms with Gasteiger partial charge in [0.05, 0.1) is 23.2 Å². The Bertz CT molecular complexity index is 594. The predicted molar refractivity (Wildman–Crippen MR) is 89.9 cm³/mol. The monoisotopic (exact) mass is 398 g/mol. The molecule has 0 N–H and O–H groups in total. The Morgan fingerprint density at radius 3 is 1.35 bits per heavy atom. The molecule has 20 heavy (non-hydrogen) atoms. The zero-order valence-electron chi connectivity index (χ0n) is 11.9. The van der Waals surface area contributed by atoms with Gasteiger partial charge in [-0.15, -0.1) is 0 Å². The Morgan fingerprint density at radius 2 is 1.05 bits per heavy atom. The van der Waals surface area contributed by atoms with Crippen molar-refractivity contribution in [3.8, 4) is 22.6 Å². The van der Waals surface area contributed by atoms with E-state index >= 15 is 0 Å². The van der Waals surface area contributed by atoms with Crippen molar-refractivity contribution < 1.29 is 9.47 Å². The minimum Gasteiger partial charge on any atom is -0.495 e. The van der Waals surface area contributed by atoms with Gasteiger partial charge in [-0.2, -0.15) is 0 Å². The molecule has 2 aromatic rings. The summed E-state index contributed by atoms with van der Waals surface area (Å²) in [5.41, 5.74) is 4.35. The lowest BCUT2D eigenvalue weighted by atomic mass is 9.99. The van der Waals surface area contributed by atoms with Gasteiger partial charge >= 0.3 is 0 Å². The molecule has 4 heteroatoms. The van der Waals surface area contributed by atoms with Gasteiger partial charge in [-0.05, 0) is 81.1 Å². The van der Waals surface area contributed by atoms with Gasteiger partial charge in [0.15, 0.2) is 0 Å². The lowest BCUT2D eigenvalue weighted by Crippen LogP contribution is -1.95. The summed E-state index contributed by atoms with van der Waals surface area (Å²) in [5, 5.41) is 0. The Hall–Kier alpha value is -1.00. The van der Waals surface area contributed by atoms with Gasteiger partial charge in [-0.1, -0.05) is 0 Å². The molecule has 0 aliphatic carbocycles. The molecule has 0 radical (unpaired) electrons. The maximum Gasteiger partial charge on any atom is 0.141 e. The molecule has 0 saturated heterocycles. The molecule has 0 saturated carbocycles. The quantitative estimate of drug-likeness (QED) is 0.677. The predicted octanol–water partition coefficient (Wildman–Crippen LogP) is 5.51. The van der Waals surface area contributed by atoms with Crippen LogP contribution in [0.15, 0.2) is 33.2 Å². The molecule has 0 bridgehead atoms. The van der Waals surface area contributed by atoms with E-state index in [0.29, 0.717) is 0 Å². The topological polar surface area (TPSA) is 18.5 Å². The molecule has 0 fully saturated rings. The number of rotatable bonds is 3. The molecule has 0 aromatic heterocycles. The number of ether oxygens (including phenoxy) is 2. The summed E-state index contributed by atoms with van der Waals surface area (Å²) in [6, 6.07) is 8.29. The van der Waals surface area contributed by atoms with Crippen molar-refractivity contribution >= 4 is 31.9 Å². The molecule has 2 aromatic carbocycles. The van der Waals surface area contributed by atoms with Crippen LogP contribution >= 0.6 is 31.9 Å². The van der Waals surface area contributed by atoms with Crippen LogP contribution in [0.2, 0.25) is 0 Å². The maximum atomic E-state index is 5.55. The third-order valence-electron chi connectivity index (χ3n) is 3.07. The summed E-state index contributed by atoms with van der Waals surface area (Å²) < 4.78 is 13.0. The zero-order chi connectivity index (χ0) is 14.9. The van der Waals surface area contributed by atoms with Crippen molar-refractivity contribution in [3.63, 3.8) is 0 Å². The molecule has 2 rings (SSSR count). The molecule has 0 aliphatic rings. The number of halogens is 2. The Labute approximate surface area is 136 Å². The van der Waals surface area contributed by atoms with Crippen LogP contribution in [0.4, 0.5) is 0 Å². The number of benzene rings is 2. The highest BCUT2D eigenvalue weighted by Crippen LogP contribution is 2.44. The molecule has 0 unspecified atom stereocenters. The van der Waals surface area contributed by atoms with Crippen molar-refractivity contribution in [1.82, 2.24) is 0 Å². The van der Waals surface area contributed by atoms with Crippen molar-refractivity contribution in [2.45, 2.75) is 13.8 Å². The minimum absolute atomic E-state index is 0.811. The fraction of sp³-hybridized carbons (Fsp3) is 0.250. The van der Waals surface area contributed by atoms with E-state index in [1.54, 1.807) is 14.2 Å². The van der Waals surface area contributed by atoms with Crippen LogP contribution in [-0.2, 0) is 0 Å². The average molecular weight is 400 g/mol. The first-order valence-corrected chi connectivity index (χ1v) is 7.75. The first-order chi connectivity index (χ1) is 9.47. The van der Waals surface area contributed by atoms with E-state index in [2.05, 4.69) is 57.8 Å². The molecular weight excluding hydrogens is 384 g/mol. The van der Waals surface area contributed by atoms with Gasteiger partial charge < -0.3 is 9.47 Å². The fourth-order valence-electron chi connectivity index (χ4n) is 2.27. The highest BCUT2D eigenvalue weighted by atomic mass is 79.9. The third kappa shape index (κ3) is 2.86. The van der Waals surface area contributed by atoms with E-state index in [-0.39, 0.29) is 0 Å². The fourth-order valence-corrected chi connectivity index (χ4v) is 3.75. The highest BCUT2D eigenvalue weighted by Gasteiger charge is 2.17. The summed E-state index contributed by atoms with van der Waals surface area (Å²) >= 11 is 7.12. The van der Waals surface area contributed by atoms with Crippen molar-refractivity contribution in [1.29, 1.82) is 0 Å². The van der Waals surface area contributed by atoms with Gasteiger partial charge in [0, 0.05) is 11.1 Å². The van der Waals surface area contributed by atoms with Crippen molar-refractivity contribution in [2.24, 2.45) is 0 Å². The minimum atomic E-state index is 0.811. The van der Waals surface area contributed by atoms with Crippen LogP contribution in [0.1, 0.15) is 11.1 Å². The van der Waals surface area contributed by atoms with Crippen LogP contribution in [0.3, 0.4) is 0 Å². The second-order valence-electron chi connectivity index (χ2n) is 4.66. The Morgan fingerprint density at radius 1 is 0.700 bits per heavy atom. The van der Waals surface area contributed by atoms with E-state index in [1.165, 1.54) is 0 Å². The van der Waals surface area contributed by atoms with Gasteiger partial charge in [0.1, 0.15) is 11.5 Å². The summed E-state index contributed by atoms with van der Waals surface area (Å²) in [5.74, 6) is 1.62. The van der Waals surface area contributed by atoms with Crippen molar-refractivity contribution in [2.75, 3.05) is 14.2 Å². The van der Waals surface area contributed by atoms with Crippen LogP contribution < -0.4 is 9.47 Å². The number of hydrogen-bond donors (Lipinski definition) is 0. The summed E-state index contributed by atoms with van der Waals surface area (Å²) in [4.78, 5) is 0. The second-order valence-corrected chi connectivity index (χ2v) is 6.36. The Kier molecular flexibility index (Phi) is 4.76. The van der Waals surface area contributed by atoms with E-state index in [1.807, 2.05) is 12.1 Å². The number of aryl methyl sites for hydroxylation is 2. The molecule has 0 heterocycles. The van der Waals surface area contributed by atoms with Gasteiger partial charge in [0.25, 0.3) is 0 Å². The standard InChI is InChI=1S/C16H16Br2O2/c1-9-5-11(15(19-3)13(17)7-9)12-6-10(2)8-14(18)16(12)20-4/h5-8H,1-4H3. The van der Waals surface area contributed by atoms with E-state index < -0.39 is 0 Å². The summed E-state index contributed by atoms with van der Waals surface area (Å²) in [6.07, 6.45) is 0. The SMILES string of the molecule is COc1c(Br)cc(C)cc1-c1cc(C)cc(Br)c1OC. The molecule has 0 spiro atoms. The lowest BCUT2D eigenvalue weighted by molar-refractivity contribution is 0.407. The third-order valence-corrected chi connectivity index (χ3v) is 4.25. The van der Waals surface area contributed by atoms with Crippen molar-refractivity contribution in [3.05, 3.63) is 44.3 Å². The number of methoxy groups -OCH3 is 2. The molecular formula is C16H16Br2O2. The first kappa shape index (κ1) is 15.4. The van der Waals surface area contributed by atoms with Crippen LogP contribution in [0.5, 0.6) is 11.5 Å². The second kappa shape index (κ2) is 6.19. The molecule has 2 nitrogen and oxygen atoms in total. The normalized spacial score (nSPS) is 10.5. The van der Waals surface area contributed by atoms with E-state index in [4.69, 9.17) is 9.47 Å². The van der Waals surface area contributed by atoms with Crippen LogP contribution in [0, 0.1) is 13.8 Å². The maximum absolute atomic E-state index is 5.55. The highest BCUT2D eigenvalue weighted by molar-refractivity contribution is 9.11. The van der Waals surface area contributed by atoms with E-state index in [0.717, 1.165) is 42.7 Å². The van der Waals surface area contributed by atoms with Gasteiger partial charge in [-0.3, -0.25) is 0 Å².